The van der Waals surface area contributed by atoms with Gasteiger partial charge in [0, 0.05) is 11.5 Å². The Morgan fingerprint density at radius 2 is 1.84 bits per heavy atom. The van der Waals surface area contributed by atoms with Gasteiger partial charge in [-0.2, -0.15) is 0 Å². The number of likely N-dealkylation sites (N-methyl/N-ethyl adjacent to an activating group) is 1. The van der Waals surface area contributed by atoms with Gasteiger partial charge in [-0.25, -0.2) is 4.39 Å². The Hall–Kier alpha value is -1.63. The van der Waals surface area contributed by atoms with Crippen molar-refractivity contribution in [1.29, 1.82) is 0 Å². The first-order chi connectivity index (χ1) is 11.3. The van der Waals surface area contributed by atoms with Crippen molar-refractivity contribution in [3.8, 4) is 5.75 Å². The molecule has 1 atom stereocenters. The molecular formula is C18H21BrClFN2O2. The highest BCUT2D eigenvalue weighted by Gasteiger charge is 2.33. The molecule has 2 rings (SSSR count). The summed E-state index contributed by atoms with van der Waals surface area (Å²) in [7, 11) is 1.65. The molecule has 0 aromatic heterocycles. The van der Waals surface area contributed by atoms with Gasteiger partial charge in [0.1, 0.15) is 12.1 Å². The number of benzene rings is 2. The zero-order valence-electron chi connectivity index (χ0n) is 14.0. The molecule has 0 heterocycles. The van der Waals surface area contributed by atoms with Gasteiger partial charge in [-0.3, -0.25) is 4.79 Å². The number of hydrogen-bond acceptors (Lipinski definition) is 3. The van der Waals surface area contributed by atoms with Crippen molar-refractivity contribution in [2.75, 3.05) is 20.2 Å². The van der Waals surface area contributed by atoms with Crippen LogP contribution < -0.4 is 10.5 Å². The predicted octanol–water partition coefficient (Wildman–Crippen LogP) is 3.72. The van der Waals surface area contributed by atoms with Gasteiger partial charge in [0.2, 0.25) is 5.91 Å². The minimum atomic E-state index is -1.15. The minimum absolute atomic E-state index is 0. The Balaban J connectivity index is 0.00000312. The first-order valence-electron chi connectivity index (χ1n) is 7.50. The van der Waals surface area contributed by atoms with Crippen molar-refractivity contribution in [1.82, 2.24) is 4.90 Å². The van der Waals surface area contributed by atoms with Gasteiger partial charge >= 0.3 is 0 Å². The average Bonchev–Trinajstić information content (AvgIpc) is 2.56. The summed E-state index contributed by atoms with van der Waals surface area (Å²) in [5, 5.41) is 0. The van der Waals surface area contributed by atoms with Gasteiger partial charge in [-0.15, -0.1) is 12.4 Å². The van der Waals surface area contributed by atoms with E-state index in [1.54, 1.807) is 32.2 Å². The molecule has 0 aliphatic carbocycles. The number of hydrogen-bond donors (Lipinski definition) is 1. The zero-order chi connectivity index (χ0) is 17.7. The van der Waals surface area contributed by atoms with Crippen LogP contribution in [0.3, 0.4) is 0 Å². The quantitative estimate of drug-likeness (QED) is 0.758. The highest BCUT2D eigenvalue weighted by Crippen LogP contribution is 2.22. The normalized spacial score (nSPS) is 12.7. The average molecular weight is 432 g/mol. The highest BCUT2D eigenvalue weighted by molar-refractivity contribution is 9.10. The fraction of sp³-hybridized carbons (Fsp3) is 0.278. The van der Waals surface area contributed by atoms with E-state index < -0.39 is 11.4 Å². The smallest absolute Gasteiger partial charge is 0.246 e. The number of nitrogens with two attached hydrogens (primary N) is 1. The van der Waals surface area contributed by atoms with Gasteiger partial charge in [0.15, 0.2) is 11.6 Å². The van der Waals surface area contributed by atoms with Crippen LogP contribution in [0, 0.1) is 5.82 Å². The molecule has 1 unspecified atom stereocenters. The predicted molar refractivity (Wildman–Crippen MR) is 102 cm³/mol. The Morgan fingerprint density at radius 1 is 1.24 bits per heavy atom. The van der Waals surface area contributed by atoms with E-state index in [4.69, 9.17) is 10.5 Å². The molecule has 1 amide bonds. The molecule has 4 nitrogen and oxygen atoms in total. The summed E-state index contributed by atoms with van der Waals surface area (Å²) in [6, 6.07) is 13.5. The van der Waals surface area contributed by atoms with Crippen LogP contribution in [-0.4, -0.2) is 31.0 Å². The molecule has 0 fully saturated rings. The summed E-state index contributed by atoms with van der Waals surface area (Å²) >= 11 is 3.36. The van der Waals surface area contributed by atoms with Crippen LogP contribution in [0.15, 0.2) is 53.0 Å². The third-order valence-corrected chi connectivity index (χ3v) is 4.28. The topological polar surface area (TPSA) is 55.6 Å². The summed E-state index contributed by atoms with van der Waals surface area (Å²) in [5.74, 6) is -0.492. The van der Waals surface area contributed by atoms with Gasteiger partial charge in [0.25, 0.3) is 0 Å². The first-order valence-corrected chi connectivity index (χ1v) is 8.29. The standard InChI is InChI=1S/C18H20BrFN2O2.ClH/c1-18(21,13-7-9-14(19)10-8-13)17(23)22(2)11-12-24-16-6-4-3-5-15(16)20;/h3-10H,11-12,21H2,1-2H3;1H. The molecular weight excluding hydrogens is 411 g/mol. The highest BCUT2D eigenvalue weighted by atomic mass is 79.9. The molecule has 7 heteroatoms. The second-order valence-electron chi connectivity index (χ2n) is 5.71. The molecule has 0 spiro atoms. The number of carbonyl (C=O) groups is 1. The van der Waals surface area contributed by atoms with Crippen LogP contribution in [0.5, 0.6) is 5.75 Å². The van der Waals surface area contributed by atoms with Crippen molar-refractivity contribution in [3.63, 3.8) is 0 Å². The fourth-order valence-corrected chi connectivity index (χ4v) is 2.54. The van der Waals surface area contributed by atoms with Crippen LogP contribution >= 0.6 is 28.3 Å². The van der Waals surface area contributed by atoms with Crippen molar-refractivity contribution >= 4 is 34.2 Å². The van der Waals surface area contributed by atoms with E-state index >= 15 is 0 Å². The molecule has 0 aliphatic rings. The first kappa shape index (κ1) is 21.4. The summed E-state index contributed by atoms with van der Waals surface area (Å²) in [6.45, 7) is 2.16. The number of halogens is 3. The molecule has 0 saturated heterocycles. The van der Waals surface area contributed by atoms with Gasteiger partial charge < -0.3 is 15.4 Å². The third-order valence-electron chi connectivity index (χ3n) is 3.76. The Kier molecular flexibility index (Phi) is 7.86. The lowest BCUT2D eigenvalue weighted by atomic mass is 9.92. The second-order valence-corrected chi connectivity index (χ2v) is 6.63. The van der Waals surface area contributed by atoms with E-state index in [9.17, 15) is 9.18 Å². The van der Waals surface area contributed by atoms with Gasteiger partial charge in [-0.05, 0) is 36.8 Å². The van der Waals surface area contributed by atoms with E-state index in [1.165, 1.54) is 11.0 Å². The molecule has 0 saturated carbocycles. The van der Waals surface area contributed by atoms with Crippen molar-refractivity contribution in [3.05, 3.63) is 64.4 Å². The lowest BCUT2D eigenvalue weighted by Gasteiger charge is -2.29. The second kappa shape index (κ2) is 9.17. The van der Waals surface area contributed by atoms with Crippen molar-refractivity contribution in [2.24, 2.45) is 5.73 Å². The monoisotopic (exact) mass is 430 g/mol. The third kappa shape index (κ3) is 5.42. The molecule has 0 aliphatic heterocycles. The van der Waals surface area contributed by atoms with E-state index in [0.717, 1.165) is 10.0 Å². The van der Waals surface area contributed by atoms with E-state index in [1.807, 2.05) is 24.3 Å². The van der Waals surface area contributed by atoms with Crippen LogP contribution in [0.2, 0.25) is 0 Å². The summed E-state index contributed by atoms with van der Waals surface area (Å²) in [6.07, 6.45) is 0. The molecule has 25 heavy (non-hydrogen) atoms. The van der Waals surface area contributed by atoms with Crippen LogP contribution in [0.1, 0.15) is 12.5 Å². The number of amides is 1. The number of rotatable bonds is 6. The Morgan fingerprint density at radius 3 is 2.44 bits per heavy atom. The number of carbonyl (C=O) groups excluding carboxylic acids is 1. The van der Waals surface area contributed by atoms with Gasteiger partial charge in [0.05, 0.1) is 6.54 Å². The Labute approximate surface area is 161 Å². The van der Waals surface area contributed by atoms with Crippen LogP contribution in [0.4, 0.5) is 4.39 Å². The lowest BCUT2D eigenvalue weighted by Crippen LogP contribution is -2.50. The van der Waals surface area contributed by atoms with Gasteiger partial charge in [-0.1, -0.05) is 40.2 Å². The number of para-hydroxylation sites is 1. The summed E-state index contributed by atoms with van der Waals surface area (Å²) in [4.78, 5) is 14.1. The van der Waals surface area contributed by atoms with E-state index in [-0.39, 0.29) is 30.7 Å². The zero-order valence-corrected chi connectivity index (χ0v) is 16.4. The largest absolute Gasteiger partial charge is 0.489 e. The maximum atomic E-state index is 13.5. The number of ether oxygens (including phenoxy) is 1. The maximum absolute atomic E-state index is 13.5. The molecule has 136 valence electrons. The molecule has 0 bridgehead atoms. The summed E-state index contributed by atoms with van der Waals surface area (Å²) in [5.41, 5.74) is 5.81. The number of nitrogens with zero attached hydrogens (tertiary/aromatic N) is 1. The fourth-order valence-electron chi connectivity index (χ4n) is 2.27. The van der Waals surface area contributed by atoms with Crippen molar-refractivity contribution in [2.45, 2.75) is 12.5 Å². The SMILES string of the molecule is CN(CCOc1ccccc1F)C(=O)C(C)(N)c1ccc(Br)cc1.Cl. The van der Waals surface area contributed by atoms with Crippen LogP contribution in [-0.2, 0) is 10.3 Å². The maximum Gasteiger partial charge on any atom is 0.246 e. The Bertz CT molecular complexity index is 710. The van der Waals surface area contributed by atoms with Crippen molar-refractivity contribution < 1.29 is 13.9 Å². The lowest BCUT2D eigenvalue weighted by molar-refractivity contribution is -0.135. The van der Waals surface area contributed by atoms with Crippen LogP contribution in [0.25, 0.3) is 0 Å². The summed E-state index contributed by atoms with van der Waals surface area (Å²) < 4.78 is 19.8. The molecule has 2 aromatic rings. The molecule has 2 aromatic carbocycles. The van der Waals surface area contributed by atoms with E-state index in [0.29, 0.717) is 6.54 Å². The molecule has 2 N–H and O–H groups in total. The minimum Gasteiger partial charge on any atom is -0.489 e. The van der Waals surface area contributed by atoms with E-state index in [2.05, 4.69) is 15.9 Å². The molecule has 0 radical (unpaired) electrons.